The van der Waals surface area contributed by atoms with E-state index >= 15 is 0 Å². The summed E-state index contributed by atoms with van der Waals surface area (Å²) < 4.78 is 73.1. The molecule has 0 radical (unpaired) electrons. The number of halogens is 2. The van der Waals surface area contributed by atoms with Gasteiger partial charge in [0.15, 0.2) is 16.7 Å². The van der Waals surface area contributed by atoms with Gasteiger partial charge in [0.25, 0.3) is 0 Å². The van der Waals surface area contributed by atoms with Crippen LogP contribution in [-0.4, -0.2) is 50.1 Å². The van der Waals surface area contributed by atoms with Crippen molar-refractivity contribution in [1.29, 1.82) is 0 Å². The Balaban J connectivity index is 1.72. The summed E-state index contributed by atoms with van der Waals surface area (Å²) >= 11 is 0. The van der Waals surface area contributed by atoms with Gasteiger partial charge in [-0.1, -0.05) is 12.1 Å². The summed E-state index contributed by atoms with van der Waals surface area (Å²) in [7, 11) is -5.90. The first-order valence-electron chi connectivity index (χ1n) is 8.05. The molecule has 1 aliphatic heterocycles. The molecule has 2 atom stereocenters. The van der Waals surface area contributed by atoms with E-state index in [-0.39, 0.29) is 6.10 Å². The molecule has 26 heavy (non-hydrogen) atoms. The van der Waals surface area contributed by atoms with Crippen LogP contribution in [0.2, 0.25) is 0 Å². The van der Waals surface area contributed by atoms with Crippen molar-refractivity contribution in [3.63, 3.8) is 0 Å². The molecule has 0 N–H and O–H groups in total. The molecule has 0 bridgehead atoms. The number of rotatable bonds is 7. The molecule has 2 aliphatic rings. The summed E-state index contributed by atoms with van der Waals surface area (Å²) in [6, 6.07) is 5.13. The average Bonchev–Trinajstić information content (AvgIpc) is 3.40. The fourth-order valence-electron chi connectivity index (χ4n) is 2.87. The van der Waals surface area contributed by atoms with Crippen molar-refractivity contribution in [2.45, 2.75) is 36.5 Å². The first-order valence-corrected chi connectivity index (χ1v) is 9.46. The van der Waals surface area contributed by atoms with Crippen LogP contribution in [0, 0.1) is 0 Å². The zero-order chi connectivity index (χ0) is 18.9. The van der Waals surface area contributed by atoms with Crippen LogP contribution < -0.4 is 4.74 Å². The van der Waals surface area contributed by atoms with Crippen molar-refractivity contribution in [2.24, 2.45) is 0 Å². The Morgan fingerprint density at radius 1 is 1.38 bits per heavy atom. The smallest absolute Gasteiger partial charge is 0.367 e. The molecule has 1 fully saturated rings. The van der Waals surface area contributed by atoms with E-state index in [1.807, 2.05) is 0 Å². The molecule has 3 rings (SSSR count). The highest BCUT2D eigenvalue weighted by atomic mass is 32.2. The van der Waals surface area contributed by atoms with Gasteiger partial charge >= 0.3 is 11.2 Å². The third-order valence-electron chi connectivity index (χ3n) is 4.32. The van der Waals surface area contributed by atoms with Gasteiger partial charge in [0.2, 0.25) is 0 Å². The summed E-state index contributed by atoms with van der Waals surface area (Å²) in [5, 5.41) is -4.66. The van der Waals surface area contributed by atoms with E-state index in [1.165, 1.54) is 0 Å². The Kier molecular flexibility index (Phi) is 5.18. The molecule has 1 aromatic carbocycles. The number of carbonyl (C=O) groups is 1. The van der Waals surface area contributed by atoms with E-state index < -0.39 is 33.9 Å². The highest BCUT2D eigenvalue weighted by Gasteiger charge is 2.40. The predicted molar refractivity (Wildman–Crippen MR) is 83.0 cm³/mol. The Morgan fingerprint density at radius 3 is 2.77 bits per heavy atom. The van der Waals surface area contributed by atoms with Crippen LogP contribution in [0.1, 0.15) is 29.9 Å². The lowest BCUT2D eigenvalue weighted by atomic mass is 9.82. The second-order valence-corrected chi connectivity index (χ2v) is 7.74. The van der Waals surface area contributed by atoms with Crippen molar-refractivity contribution in [3.8, 4) is 5.75 Å². The van der Waals surface area contributed by atoms with Gasteiger partial charge < -0.3 is 18.8 Å². The van der Waals surface area contributed by atoms with Gasteiger partial charge in [-0.25, -0.2) is 8.42 Å². The van der Waals surface area contributed by atoms with E-state index in [4.69, 9.17) is 9.47 Å². The number of hydrogen-bond donors (Lipinski definition) is 0. The Morgan fingerprint density at radius 2 is 2.12 bits per heavy atom. The third kappa shape index (κ3) is 4.13. The van der Waals surface area contributed by atoms with Gasteiger partial charge in [0.05, 0.1) is 12.5 Å². The minimum atomic E-state index is -5.90. The zero-order valence-electron chi connectivity index (χ0n) is 13.7. The summed E-state index contributed by atoms with van der Waals surface area (Å²) in [6.45, 7) is -0.765. The Labute approximate surface area is 149 Å². The van der Waals surface area contributed by atoms with Crippen molar-refractivity contribution in [3.05, 3.63) is 29.3 Å². The SMILES string of the molecule is O=C(OCC(F)(F)S(=O)(=O)[O-])C1CCCc2c(OCC3CO3)cccc21. The van der Waals surface area contributed by atoms with Crippen LogP contribution in [0.5, 0.6) is 5.75 Å². The lowest BCUT2D eigenvalue weighted by molar-refractivity contribution is -0.151. The molecule has 1 heterocycles. The molecular weight excluding hydrogens is 374 g/mol. The van der Waals surface area contributed by atoms with Crippen molar-refractivity contribution in [2.75, 3.05) is 19.8 Å². The highest BCUT2D eigenvalue weighted by Crippen LogP contribution is 2.38. The molecule has 0 spiro atoms. The largest absolute Gasteiger partial charge is 0.743 e. The summed E-state index contributed by atoms with van der Waals surface area (Å²) in [4.78, 5) is 12.2. The number of fused-ring (bicyclic) bond motifs is 1. The number of alkyl halides is 2. The van der Waals surface area contributed by atoms with Crippen LogP contribution in [-0.2, 0) is 30.8 Å². The second-order valence-electron chi connectivity index (χ2n) is 6.23. The monoisotopic (exact) mass is 391 g/mol. The van der Waals surface area contributed by atoms with Crippen LogP contribution in [0.25, 0.3) is 0 Å². The first-order chi connectivity index (χ1) is 12.2. The Bertz CT molecular complexity index is 790. The quantitative estimate of drug-likeness (QED) is 0.395. The third-order valence-corrected chi connectivity index (χ3v) is 5.17. The van der Waals surface area contributed by atoms with Crippen molar-refractivity contribution >= 4 is 16.1 Å². The second kappa shape index (κ2) is 7.09. The fraction of sp³-hybridized carbons (Fsp3) is 0.562. The van der Waals surface area contributed by atoms with E-state index in [0.29, 0.717) is 43.8 Å². The zero-order valence-corrected chi connectivity index (χ0v) is 14.5. The summed E-state index contributed by atoms with van der Waals surface area (Å²) in [5.41, 5.74) is 1.40. The lowest BCUT2D eigenvalue weighted by Crippen LogP contribution is -2.36. The molecule has 10 heteroatoms. The van der Waals surface area contributed by atoms with Gasteiger partial charge in [0, 0.05) is 0 Å². The van der Waals surface area contributed by atoms with Gasteiger partial charge in [0.1, 0.15) is 18.5 Å². The molecule has 0 amide bonds. The molecule has 7 nitrogen and oxygen atoms in total. The molecule has 1 aliphatic carbocycles. The molecule has 144 valence electrons. The van der Waals surface area contributed by atoms with Crippen molar-refractivity contribution < 1.29 is 40.8 Å². The minimum absolute atomic E-state index is 0.0616. The van der Waals surface area contributed by atoms with Crippen molar-refractivity contribution in [1.82, 2.24) is 0 Å². The van der Waals surface area contributed by atoms with E-state index in [0.717, 1.165) is 5.56 Å². The number of esters is 1. The summed E-state index contributed by atoms with van der Waals surface area (Å²) in [5.74, 6) is -1.20. The van der Waals surface area contributed by atoms with E-state index in [2.05, 4.69) is 4.74 Å². The maximum atomic E-state index is 13.2. The van der Waals surface area contributed by atoms with Gasteiger partial charge in [-0.2, -0.15) is 8.78 Å². The number of epoxide rings is 1. The molecule has 1 saturated heterocycles. The maximum absolute atomic E-state index is 13.2. The first kappa shape index (κ1) is 19.0. The number of benzene rings is 1. The molecule has 1 aromatic rings. The molecule has 2 unspecified atom stereocenters. The number of ether oxygens (including phenoxy) is 3. The van der Waals surface area contributed by atoms with Crippen LogP contribution >= 0.6 is 0 Å². The van der Waals surface area contributed by atoms with Gasteiger partial charge in [-0.3, -0.25) is 4.79 Å². The summed E-state index contributed by atoms with van der Waals surface area (Å²) in [6.07, 6.45) is 1.71. The molecule has 0 saturated carbocycles. The maximum Gasteiger partial charge on any atom is 0.367 e. The number of hydrogen-bond acceptors (Lipinski definition) is 7. The van der Waals surface area contributed by atoms with E-state index in [1.54, 1.807) is 18.2 Å². The van der Waals surface area contributed by atoms with Crippen LogP contribution in [0.4, 0.5) is 8.78 Å². The molecular formula is C16H17F2O7S-. The van der Waals surface area contributed by atoms with Gasteiger partial charge in [-0.15, -0.1) is 0 Å². The Hall–Kier alpha value is -1.78. The normalized spacial score (nSPS) is 22.4. The van der Waals surface area contributed by atoms with Crippen LogP contribution in [0.3, 0.4) is 0 Å². The standard InChI is InChI=1S/C16H18F2O7S/c17-16(18,26(20,21)22)9-25-15(19)13-5-1-4-12-11(13)3-2-6-14(12)24-8-10-7-23-10/h2-3,6,10,13H,1,4-5,7-9H2,(H,20,21,22)/p-1. The topological polar surface area (TPSA) is 105 Å². The van der Waals surface area contributed by atoms with E-state index in [9.17, 15) is 26.5 Å². The van der Waals surface area contributed by atoms with Crippen LogP contribution in [0.15, 0.2) is 18.2 Å². The predicted octanol–water partition coefficient (Wildman–Crippen LogP) is 1.57. The lowest BCUT2D eigenvalue weighted by Gasteiger charge is -2.27. The number of carbonyl (C=O) groups excluding carboxylic acids is 1. The highest BCUT2D eigenvalue weighted by molar-refractivity contribution is 7.86. The fourth-order valence-corrected chi connectivity index (χ4v) is 3.07. The average molecular weight is 391 g/mol. The molecule has 0 aromatic heterocycles. The minimum Gasteiger partial charge on any atom is -0.743 e. The van der Waals surface area contributed by atoms with Gasteiger partial charge in [-0.05, 0) is 36.5 Å².